The average molecular weight is 494 g/mol. The topological polar surface area (TPSA) is 0 Å². The summed E-state index contributed by atoms with van der Waals surface area (Å²) in [4.78, 5) is 0. The van der Waals surface area contributed by atoms with Gasteiger partial charge in [0.15, 0.2) is 0 Å². The van der Waals surface area contributed by atoms with Crippen molar-refractivity contribution in [2.75, 3.05) is 0 Å². The molecule has 0 aliphatic rings. The maximum Gasteiger partial charge on any atom is 0.116 e. The van der Waals surface area contributed by atoms with E-state index >= 15 is 0 Å². The highest BCUT2D eigenvalue weighted by Crippen LogP contribution is 2.58. The summed E-state index contributed by atoms with van der Waals surface area (Å²) in [5, 5.41) is 4.31. The van der Waals surface area contributed by atoms with Crippen molar-refractivity contribution >= 4 is 23.2 Å². The Morgan fingerprint density at radius 2 is 0.857 bits per heavy atom. The van der Waals surface area contributed by atoms with E-state index in [2.05, 4.69) is 122 Å². The van der Waals surface area contributed by atoms with Crippen molar-refractivity contribution in [1.29, 1.82) is 0 Å². The molecule has 0 nitrogen and oxygen atoms in total. The Morgan fingerprint density at radius 3 is 1.25 bits per heavy atom. The zero-order valence-electron chi connectivity index (χ0n) is 16.0. The molecule has 28 heavy (non-hydrogen) atoms. The molecule has 0 aliphatic carbocycles. The van der Waals surface area contributed by atoms with Gasteiger partial charge in [0.05, 0.1) is 6.16 Å². The third kappa shape index (κ3) is 4.06. The third-order valence-electron chi connectivity index (χ3n) is 5.26. The van der Waals surface area contributed by atoms with Crippen molar-refractivity contribution in [2.45, 2.75) is 13.1 Å². The van der Waals surface area contributed by atoms with Gasteiger partial charge in [-0.05, 0) is 54.4 Å². The van der Waals surface area contributed by atoms with Crippen LogP contribution in [0.2, 0.25) is 0 Å². The predicted octanol–water partition coefficient (Wildman–Crippen LogP) is 2.49. The van der Waals surface area contributed by atoms with Crippen LogP contribution in [0.3, 0.4) is 0 Å². The number of rotatable bonds is 5. The van der Waals surface area contributed by atoms with E-state index in [0.29, 0.717) is 0 Å². The first-order valence-electron chi connectivity index (χ1n) is 9.40. The Bertz CT molecular complexity index is 901. The first-order chi connectivity index (χ1) is 13.3. The lowest BCUT2D eigenvalue weighted by atomic mass is 10.1. The molecule has 4 aromatic carbocycles. The van der Waals surface area contributed by atoms with Gasteiger partial charge in [0, 0.05) is 0 Å². The SMILES string of the molecule is Cc1ccccc1C[P+](c1ccccc1)(c1ccccc1)c1ccccc1.[I-]. The third-order valence-corrected chi connectivity index (χ3v) is 9.61. The first kappa shape index (κ1) is 20.8. The number of hydrogen-bond donors (Lipinski definition) is 0. The molecule has 0 saturated carbocycles. The van der Waals surface area contributed by atoms with E-state index in [1.807, 2.05) is 0 Å². The van der Waals surface area contributed by atoms with Gasteiger partial charge in [0.25, 0.3) is 0 Å². The van der Waals surface area contributed by atoms with E-state index in [4.69, 9.17) is 0 Å². The molecule has 2 heteroatoms. The van der Waals surface area contributed by atoms with Crippen molar-refractivity contribution in [3.05, 3.63) is 126 Å². The van der Waals surface area contributed by atoms with Crippen LogP contribution in [0.25, 0.3) is 0 Å². The summed E-state index contributed by atoms with van der Waals surface area (Å²) in [7, 11) is -1.80. The van der Waals surface area contributed by atoms with Gasteiger partial charge in [0.1, 0.15) is 23.2 Å². The smallest absolute Gasteiger partial charge is 0.116 e. The minimum absolute atomic E-state index is 0. The van der Waals surface area contributed by atoms with Crippen molar-refractivity contribution in [1.82, 2.24) is 0 Å². The predicted molar refractivity (Wildman–Crippen MR) is 120 cm³/mol. The standard InChI is InChI=1S/C26H24P.HI/c1-22-13-11-12-14-23(22)21-27(24-15-5-2-6-16-24,25-17-7-3-8-18-25)26-19-9-4-10-20-26;/h2-20H,21H2,1H3;1H/q+1;/p-1. The van der Waals surface area contributed by atoms with Crippen LogP contribution in [0.4, 0.5) is 0 Å². The lowest BCUT2D eigenvalue weighted by molar-refractivity contribution is -0.00000530. The fourth-order valence-electron chi connectivity index (χ4n) is 3.81. The molecule has 0 unspecified atom stereocenters. The summed E-state index contributed by atoms with van der Waals surface area (Å²) < 4.78 is 0. The summed E-state index contributed by atoms with van der Waals surface area (Å²) in [6.07, 6.45) is 1.04. The zero-order chi connectivity index (χ0) is 18.5. The van der Waals surface area contributed by atoms with Gasteiger partial charge in [-0.1, -0.05) is 78.9 Å². The Kier molecular flexibility index (Phi) is 7.04. The van der Waals surface area contributed by atoms with Gasteiger partial charge >= 0.3 is 0 Å². The maximum absolute atomic E-state index is 2.31. The van der Waals surface area contributed by atoms with Crippen molar-refractivity contribution in [3.8, 4) is 0 Å². The highest BCUT2D eigenvalue weighted by atomic mass is 127. The van der Waals surface area contributed by atoms with Gasteiger partial charge in [-0.15, -0.1) is 0 Å². The molecule has 0 fully saturated rings. The van der Waals surface area contributed by atoms with Gasteiger partial charge < -0.3 is 24.0 Å². The van der Waals surface area contributed by atoms with Gasteiger partial charge in [0.2, 0.25) is 0 Å². The van der Waals surface area contributed by atoms with E-state index in [0.717, 1.165) is 6.16 Å². The van der Waals surface area contributed by atoms with Gasteiger partial charge in [-0.3, -0.25) is 0 Å². The molecule has 0 aromatic heterocycles. The second kappa shape index (κ2) is 9.49. The molecule has 0 saturated heterocycles. The van der Waals surface area contributed by atoms with Crippen LogP contribution < -0.4 is 39.9 Å². The minimum Gasteiger partial charge on any atom is -1.00 e. The van der Waals surface area contributed by atoms with E-state index in [9.17, 15) is 0 Å². The second-order valence-corrected chi connectivity index (χ2v) is 10.4. The number of halogens is 1. The van der Waals surface area contributed by atoms with Crippen molar-refractivity contribution in [3.63, 3.8) is 0 Å². The van der Waals surface area contributed by atoms with Crippen LogP contribution in [0.5, 0.6) is 0 Å². The van der Waals surface area contributed by atoms with Crippen LogP contribution in [-0.4, -0.2) is 0 Å². The lowest BCUT2D eigenvalue weighted by Gasteiger charge is -2.28. The van der Waals surface area contributed by atoms with Gasteiger partial charge in [-0.2, -0.15) is 0 Å². The Morgan fingerprint density at radius 1 is 0.500 bits per heavy atom. The van der Waals surface area contributed by atoms with E-state index in [-0.39, 0.29) is 24.0 Å². The normalized spacial score (nSPS) is 10.9. The highest BCUT2D eigenvalue weighted by Gasteiger charge is 2.45. The molecule has 0 aliphatic heterocycles. The zero-order valence-corrected chi connectivity index (χ0v) is 19.1. The molecule has 0 spiro atoms. The first-order valence-corrected chi connectivity index (χ1v) is 11.4. The van der Waals surface area contributed by atoms with Gasteiger partial charge in [-0.25, -0.2) is 0 Å². The summed E-state index contributed by atoms with van der Waals surface area (Å²) in [5.74, 6) is 0. The maximum atomic E-state index is 2.31. The quantitative estimate of drug-likeness (QED) is 0.296. The largest absolute Gasteiger partial charge is 1.00 e. The minimum atomic E-state index is -1.80. The summed E-state index contributed by atoms with van der Waals surface area (Å²) in [6.45, 7) is 2.23. The van der Waals surface area contributed by atoms with Crippen LogP contribution >= 0.6 is 7.26 Å². The molecule has 0 atom stereocenters. The van der Waals surface area contributed by atoms with Crippen LogP contribution in [0.1, 0.15) is 11.1 Å². The highest BCUT2D eigenvalue weighted by molar-refractivity contribution is 7.95. The molecule has 4 aromatic rings. The second-order valence-electron chi connectivity index (χ2n) is 6.90. The van der Waals surface area contributed by atoms with Crippen LogP contribution in [0, 0.1) is 6.92 Å². The molecule has 140 valence electrons. The molecule has 0 bridgehead atoms. The molecule has 0 radical (unpaired) electrons. The fourth-order valence-corrected chi connectivity index (χ4v) is 8.16. The van der Waals surface area contributed by atoms with Crippen LogP contribution in [0.15, 0.2) is 115 Å². The average Bonchev–Trinajstić information content (AvgIpc) is 2.75. The van der Waals surface area contributed by atoms with E-state index in [1.165, 1.54) is 27.0 Å². The molecule has 4 rings (SSSR count). The number of hydrogen-bond acceptors (Lipinski definition) is 0. The Labute approximate surface area is 186 Å². The molecule has 0 N–H and O–H groups in total. The summed E-state index contributed by atoms with van der Waals surface area (Å²) in [6, 6.07) is 42.1. The monoisotopic (exact) mass is 494 g/mol. The summed E-state index contributed by atoms with van der Waals surface area (Å²) in [5.41, 5.74) is 2.80. The molecule has 0 amide bonds. The molecular formula is C26H24IP. The summed E-state index contributed by atoms with van der Waals surface area (Å²) >= 11 is 0. The van der Waals surface area contributed by atoms with E-state index in [1.54, 1.807) is 0 Å². The molecule has 0 heterocycles. The fraction of sp³-hybridized carbons (Fsp3) is 0.0769. The van der Waals surface area contributed by atoms with Crippen molar-refractivity contribution in [2.24, 2.45) is 0 Å². The molecular weight excluding hydrogens is 470 g/mol. The Balaban J connectivity index is 0.00000225. The lowest BCUT2D eigenvalue weighted by Crippen LogP contribution is -3.00. The number of aryl methyl sites for hydroxylation is 1. The van der Waals surface area contributed by atoms with E-state index < -0.39 is 7.26 Å². The van der Waals surface area contributed by atoms with Crippen molar-refractivity contribution < 1.29 is 24.0 Å². The number of benzene rings is 4. The Hall–Kier alpha value is -1.96. The van der Waals surface area contributed by atoms with Crippen LogP contribution in [-0.2, 0) is 6.16 Å².